The van der Waals surface area contributed by atoms with E-state index in [1.165, 1.54) is 58.3 Å². The Balaban J connectivity index is 0. The smallest absolute Gasteiger partial charge is 0.335 e. The molecule has 0 aromatic carbocycles. The third-order valence-corrected chi connectivity index (χ3v) is 4.38. The predicted molar refractivity (Wildman–Crippen MR) is 88.9 cm³/mol. The molecule has 2 unspecified atom stereocenters. The first-order valence-electron chi connectivity index (χ1n) is 8.38. The minimum Gasteiger partial charge on any atom is -0.479 e. The van der Waals surface area contributed by atoms with E-state index in [0.29, 0.717) is 0 Å². The van der Waals surface area contributed by atoms with Gasteiger partial charge in [0, 0.05) is 0 Å². The van der Waals surface area contributed by atoms with Gasteiger partial charge in [-0.25, -0.2) is 4.79 Å². The van der Waals surface area contributed by atoms with Crippen LogP contribution >= 0.6 is 0 Å². The van der Waals surface area contributed by atoms with Crippen LogP contribution in [0.2, 0.25) is 0 Å². The van der Waals surface area contributed by atoms with Gasteiger partial charge in [0.05, 0.1) is 0 Å². The van der Waals surface area contributed by atoms with Crippen molar-refractivity contribution in [3.63, 3.8) is 0 Å². The van der Waals surface area contributed by atoms with Crippen molar-refractivity contribution in [3.8, 4) is 0 Å². The topological polar surface area (TPSA) is 92.5 Å². The summed E-state index contributed by atoms with van der Waals surface area (Å²) in [4.78, 5) is 10.9. The van der Waals surface area contributed by atoms with Crippen LogP contribution in [-0.2, 0) is 4.79 Å². The molecule has 0 spiro atoms. The quantitative estimate of drug-likeness (QED) is 0.420. The van der Waals surface area contributed by atoms with Gasteiger partial charge in [0.15, 0.2) is 5.60 Å². The van der Waals surface area contributed by atoms with E-state index in [1.54, 1.807) is 0 Å². The van der Waals surface area contributed by atoms with Crippen LogP contribution in [0.1, 0.15) is 91.4 Å². The van der Waals surface area contributed by atoms with Crippen LogP contribution < -0.4 is 6.15 Å². The summed E-state index contributed by atoms with van der Waals surface area (Å²) < 4.78 is 0. The Labute approximate surface area is 130 Å². The summed E-state index contributed by atoms with van der Waals surface area (Å²) in [5.74, 6) is -1.30. The minimum absolute atomic E-state index is 0. The first-order valence-corrected chi connectivity index (χ1v) is 8.38. The maximum atomic E-state index is 10.9. The fourth-order valence-electron chi connectivity index (χ4n) is 2.43. The summed E-state index contributed by atoms with van der Waals surface area (Å²) in [7, 11) is 0. The third-order valence-electron chi connectivity index (χ3n) is 4.38. The molecule has 0 aromatic rings. The molecule has 0 aliphatic heterocycles. The highest BCUT2D eigenvalue weighted by atomic mass is 16.4. The van der Waals surface area contributed by atoms with Gasteiger partial charge in [0.1, 0.15) is 0 Å². The monoisotopic (exact) mass is 303 g/mol. The number of rotatable bonds is 13. The Morgan fingerprint density at radius 1 is 0.952 bits per heavy atom. The van der Waals surface area contributed by atoms with Gasteiger partial charge in [-0.1, -0.05) is 78.1 Å². The van der Waals surface area contributed by atoms with E-state index >= 15 is 0 Å². The minimum atomic E-state index is -1.58. The fourth-order valence-corrected chi connectivity index (χ4v) is 2.43. The molecule has 0 saturated heterocycles. The molecule has 0 aliphatic rings. The van der Waals surface area contributed by atoms with Crippen LogP contribution in [0.25, 0.3) is 0 Å². The van der Waals surface area contributed by atoms with Gasteiger partial charge < -0.3 is 16.4 Å². The zero-order chi connectivity index (χ0) is 15.4. The average molecular weight is 303 g/mol. The van der Waals surface area contributed by atoms with E-state index in [4.69, 9.17) is 5.11 Å². The zero-order valence-corrected chi connectivity index (χ0v) is 14.4. The Morgan fingerprint density at radius 2 is 1.33 bits per heavy atom. The molecule has 0 heterocycles. The molecule has 0 aliphatic carbocycles. The van der Waals surface area contributed by atoms with E-state index in [-0.39, 0.29) is 12.1 Å². The molecule has 4 heteroatoms. The summed E-state index contributed by atoms with van der Waals surface area (Å²) >= 11 is 0. The number of hydrogen-bond donors (Lipinski definition) is 3. The number of unbranched alkanes of at least 4 members (excludes halogenated alkanes) is 9. The van der Waals surface area contributed by atoms with E-state index in [1.807, 2.05) is 6.92 Å². The van der Waals surface area contributed by atoms with Crippen molar-refractivity contribution in [1.82, 2.24) is 6.15 Å². The van der Waals surface area contributed by atoms with E-state index < -0.39 is 11.6 Å². The van der Waals surface area contributed by atoms with Gasteiger partial charge in [-0.3, -0.25) is 0 Å². The Hall–Kier alpha value is -0.610. The predicted octanol–water partition coefficient (Wildman–Crippen LogP) is 4.93. The van der Waals surface area contributed by atoms with Gasteiger partial charge in [0.2, 0.25) is 0 Å². The molecule has 0 aromatic heterocycles. The summed E-state index contributed by atoms with van der Waals surface area (Å²) in [6.07, 6.45) is 13.6. The zero-order valence-electron chi connectivity index (χ0n) is 14.4. The second-order valence-corrected chi connectivity index (χ2v) is 6.32. The molecule has 0 rings (SSSR count). The first kappa shape index (κ1) is 22.7. The van der Waals surface area contributed by atoms with Crippen molar-refractivity contribution >= 4 is 5.97 Å². The van der Waals surface area contributed by atoms with Gasteiger partial charge in [0.25, 0.3) is 0 Å². The molecule has 2 atom stereocenters. The molecule has 4 nitrogen and oxygen atoms in total. The highest BCUT2D eigenvalue weighted by Gasteiger charge is 2.35. The second kappa shape index (κ2) is 13.1. The van der Waals surface area contributed by atoms with Gasteiger partial charge in [-0.2, -0.15) is 0 Å². The lowest BCUT2D eigenvalue weighted by Gasteiger charge is -2.25. The van der Waals surface area contributed by atoms with E-state index in [0.717, 1.165) is 19.3 Å². The van der Waals surface area contributed by atoms with E-state index in [9.17, 15) is 9.90 Å². The highest BCUT2D eigenvalue weighted by molar-refractivity contribution is 5.76. The average Bonchev–Trinajstić information content (AvgIpc) is 2.40. The van der Waals surface area contributed by atoms with Crippen LogP contribution in [0.4, 0.5) is 0 Å². The Kier molecular flexibility index (Phi) is 14.1. The lowest BCUT2D eigenvalue weighted by molar-refractivity contribution is -0.162. The SMILES string of the molecule is CCCCCCCCCCCCC(C)C(C)(O)C(=O)O.N. The van der Waals surface area contributed by atoms with Crippen molar-refractivity contribution < 1.29 is 15.0 Å². The normalized spacial score (nSPS) is 15.0. The van der Waals surface area contributed by atoms with Crippen molar-refractivity contribution in [2.24, 2.45) is 5.92 Å². The number of hydrogen-bond acceptors (Lipinski definition) is 3. The lowest BCUT2D eigenvalue weighted by Crippen LogP contribution is -2.41. The van der Waals surface area contributed by atoms with Gasteiger partial charge in [-0.05, 0) is 19.3 Å². The Morgan fingerprint density at radius 3 is 1.71 bits per heavy atom. The third kappa shape index (κ3) is 10.7. The van der Waals surface area contributed by atoms with Crippen molar-refractivity contribution in [2.45, 2.75) is 97.0 Å². The van der Waals surface area contributed by atoms with Crippen molar-refractivity contribution in [1.29, 1.82) is 0 Å². The van der Waals surface area contributed by atoms with Crippen LogP contribution in [-0.4, -0.2) is 21.8 Å². The molecule has 0 saturated carbocycles. The van der Waals surface area contributed by atoms with Crippen LogP contribution in [0, 0.1) is 5.92 Å². The summed E-state index contributed by atoms with van der Waals surface area (Å²) in [5.41, 5.74) is -1.58. The molecule has 0 bridgehead atoms. The maximum absolute atomic E-state index is 10.9. The molecular weight excluding hydrogens is 266 g/mol. The molecule has 5 N–H and O–H groups in total. The molecular formula is C17H37NO3. The van der Waals surface area contributed by atoms with E-state index in [2.05, 4.69) is 6.92 Å². The lowest BCUT2D eigenvalue weighted by atomic mass is 9.86. The van der Waals surface area contributed by atoms with Gasteiger partial charge in [-0.15, -0.1) is 0 Å². The molecule has 128 valence electrons. The molecule has 0 fully saturated rings. The highest BCUT2D eigenvalue weighted by Crippen LogP contribution is 2.23. The molecule has 0 radical (unpaired) electrons. The molecule has 0 amide bonds. The first-order chi connectivity index (χ1) is 9.42. The number of aliphatic carboxylic acids is 1. The number of carboxylic acid groups (broad SMARTS) is 1. The van der Waals surface area contributed by atoms with Crippen LogP contribution in [0.5, 0.6) is 0 Å². The Bertz CT molecular complexity index is 254. The van der Waals surface area contributed by atoms with Crippen LogP contribution in [0.3, 0.4) is 0 Å². The summed E-state index contributed by atoms with van der Waals surface area (Å²) in [5, 5.41) is 18.7. The summed E-state index contributed by atoms with van der Waals surface area (Å²) in [6.45, 7) is 5.46. The fraction of sp³-hybridized carbons (Fsp3) is 0.941. The maximum Gasteiger partial charge on any atom is 0.335 e. The molecule has 21 heavy (non-hydrogen) atoms. The standard InChI is InChI=1S/C17H34O3.H3N/c1-4-5-6-7-8-9-10-11-12-13-14-15(2)17(3,20)16(18)19;/h15,20H,4-14H2,1-3H3,(H,18,19);1H3. The number of carbonyl (C=O) groups is 1. The van der Waals surface area contributed by atoms with Crippen LogP contribution in [0.15, 0.2) is 0 Å². The second-order valence-electron chi connectivity index (χ2n) is 6.32. The van der Waals surface area contributed by atoms with Crippen molar-refractivity contribution in [3.05, 3.63) is 0 Å². The van der Waals surface area contributed by atoms with Crippen molar-refractivity contribution in [2.75, 3.05) is 0 Å². The summed E-state index contributed by atoms with van der Waals surface area (Å²) in [6, 6.07) is 0. The largest absolute Gasteiger partial charge is 0.479 e. The number of carboxylic acids is 1. The number of aliphatic hydroxyl groups is 1. The van der Waals surface area contributed by atoms with Gasteiger partial charge >= 0.3 is 5.97 Å².